The summed E-state index contributed by atoms with van der Waals surface area (Å²) >= 11 is 0. The molecule has 0 aromatic heterocycles. The lowest BCUT2D eigenvalue weighted by atomic mass is 10.0. The van der Waals surface area contributed by atoms with E-state index in [4.69, 9.17) is 23.7 Å². The van der Waals surface area contributed by atoms with Gasteiger partial charge in [-0.15, -0.1) is 0 Å². The van der Waals surface area contributed by atoms with E-state index in [0.29, 0.717) is 28.4 Å². The smallest absolute Gasteiger partial charge is 0.293 e. The maximum atomic E-state index is 12.9. The van der Waals surface area contributed by atoms with Crippen LogP contribution in [0.15, 0.2) is 48.5 Å². The Morgan fingerprint density at radius 3 is 2.18 bits per heavy atom. The van der Waals surface area contributed by atoms with Crippen molar-refractivity contribution in [2.45, 2.75) is 0 Å². The van der Waals surface area contributed by atoms with Crippen LogP contribution in [0.3, 0.4) is 0 Å². The molecule has 3 aromatic rings. The van der Waals surface area contributed by atoms with Crippen molar-refractivity contribution in [1.82, 2.24) is 0 Å². The van der Waals surface area contributed by atoms with Gasteiger partial charge >= 0.3 is 0 Å². The van der Waals surface area contributed by atoms with Crippen LogP contribution >= 0.6 is 0 Å². The van der Waals surface area contributed by atoms with Crippen molar-refractivity contribution in [1.29, 1.82) is 0 Å². The Labute approximate surface area is 188 Å². The first kappa shape index (κ1) is 21.8. The number of nitro benzene ring substituents is 1. The molecule has 10 nitrogen and oxygen atoms in total. The first-order valence-electron chi connectivity index (χ1n) is 9.75. The van der Waals surface area contributed by atoms with Crippen molar-refractivity contribution >= 4 is 17.3 Å². The maximum Gasteiger partial charge on any atom is 0.293 e. The zero-order valence-corrected chi connectivity index (χ0v) is 18.0. The molecule has 0 fully saturated rings. The second-order valence-corrected chi connectivity index (χ2v) is 6.93. The van der Waals surface area contributed by atoms with E-state index >= 15 is 0 Å². The summed E-state index contributed by atoms with van der Waals surface area (Å²) in [5.74, 6) is 1.51. The van der Waals surface area contributed by atoms with Gasteiger partial charge in [0.15, 0.2) is 23.0 Å². The first-order chi connectivity index (χ1) is 15.9. The highest BCUT2D eigenvalue weighted by Gasteiger charge is 2.22. The highest BCUT2D eigenvalue weighted by Crippen LogP contribution is 2.40. The molecule has 0 spiro atoms. The summed E-state index contributed by atoms with van der Waals surface area (Å²) in [7, 11) is 4.31. The molecule has 170 valence electrons. The monoisotopic (exact) mass is 452 g/mol. The Kier molecular flexibility index (Phi) is 5.90. The van der Waals surface area contributed by atoms with E-state index in [1.807, 2.05) is 0 Å². The van der Waals surface area contributed by atoms with E-state index in [0.717, 1.165) is 0 Å². The summed E-state index contributed by atoms with van der Waals surface area (Å²) < 4.78 is 26.5. The Morgan fingerprint density at radius 1 is 0.909 bits per heavy atom. The van der Waals surface area contributed by atoms with Gasteiger partial charge in [0.25, 0.3) is 11.6 Å². The quantitative estimate of drug-likeness (QED) is 0.417. The molecule has 1 aliphatic rings. The van der Waals surface area contributed by atoms with Crippen molar-refractivity contribution in [2.24, 2.45) is 0 Å². The number of carbonyl (C=O) groups is 1. The summed E-state index contributed by atoms with van der Waals surface area (Å²) in [6.07, 6.45) is 0. The molecular weight excluding hydrogens is 432 g/mol. The number of methoxy groups -OCH3 is 3. The largest absolute Gasteiger partial charge is 0.493 e. The van der Waals surface area contributed by atoms with Crippen LogP contribution in [0.1, 0.15) is 10.4 Å². The zero-order chi connectivity index (χ0) is 23.5. The van der Waals surface area contributed by atoms with Crippen LogP contribution in [0.4, 0.5) is 11.4 Å². The fourth-order valence-electron chi connectivity index (χ4n) is 3.45. The van der Waals surface area contributed by atoms with Crippen molar-refractivity contribution in [2.75, 3.05) is 33.4 Å². The molecule has 3 aromatic carbocycles. The van der Waals surface area contributed by atoms with Gasteiger partial charge in [0.1, 0.15) is 5.69 Å². The van der Waals surface area contributed by atoms with Gasteiger partial charge in [0, 0.05) is 11.6 Å². The Bertz CT molecular complexity index is 1220. The van der Waals surface area contributed by atoms with Gasteiger partial charge in [-0.3, -0.25) is 14.9 Å². The number of hydrogen-bond acceptors (Lipinski definition) is 8. The van der Waals surface area contributed by atoms with E-state index in [1.54, 1.807) is 24.3 Å². The van der Waals surface area contributed by atoms with E-state index in [9.17, 15) is 14.9 Å². The molecule has 1 N–H and O–H groups in total. The summed E-state index contributed by atoms with van der Waals surface area (Å²) in [6, 6.07) is 12.7. The van der Waals surface area contributed by atoms with Gasteiger partial charge in [-0.25, -0.2) is 0 Å². The fourth-order valence-corrected chi connectivity index (χ4v) is 3.45. The van der Waals surface area contributed by atoms with Gasteiger partial charge < -0.3 is 29.0 Å². The highest BCUT2D eigenvalue weighted by atomic mass is 16.7. The molecule has 10 heteroatoms. The molecule has 4 rings (SSSR count). The number of amides is 1. The second-order valence-electron chi connectivity index (χ2n) is 6.93. The SMILES string of the molecule is COc1cc(C(=O)Nc2ccc(-c3ccc4c(c3)OCO4)cc2[N+](=O)[O-])cc(OC)c1OC. The molecular formula is C23H20N2O8. The van der Waals surface area contributed by atoms with Crippen LogP contribution in [-0.2, 0) is 0 Å². The predicted octanol–water partition coefficient (Wildman–Crippen LogP) is 4.27. The second kappa shape index (κ2) is 8.95. The number of anilines is 1. The molecule has 1 aliphatic heterocycles. The third-order valence-corrected chi connectivity index (χ3v) is 5.08. The minimum Gasteiger partial charge on any atom is -0.493 e. The van der Waals surface area contributed by atoms with Crippen molar-refractivity contribution in [3.8, 4) is 39.9 Å². The minimum atomic E-state index is -0.576. The van der Waals surface area contributed by atoms with Crippen LogP contribution in [0.2, 0.25) is 0 Å². The number of benzene rings is 3. The molecule has 0 radical (unpaired) electrons. The Morgan fingerprint density at radius 2 is 1.55 bits per heavy atom. The Hall–Kier alpha value is -4.47. The fraction of sp³-hybridized carbons (Fsp3) is 0.174. The number of ether oxygens (including phenoxy) is 5. The van der Waals surface area contributed by atoms with E-state index < -0.39 is 10.8 Å². The van der Waals surface area contributed by atoms with Gasteiger partial charge in [-0.2, -0.15) is 0 Å². The van der Waals surface area contributed by atoms with Crippen LogP contribution in [0.5, 0.6) is 28.7 Å². The third-order valence-electron chi connectivity index (χ3n) is 5.08. The standard InChI is InChI=1S/C23H20N2O8/c1-29-20-10-15(11-21(30-2)22(20)31-3)23(26)24-16-6-4-13(8-17(16)25(27)28)14-5-7-18-19(9-14)33-12-32-18/h4-11H,12H2,1-3H3,(H,24,26). The first-order valence-corrected chi connectivity index (χ1v) is 9.75. The molecule has 0 aliphatic carbocycles. The third kappa shape index (κ3) is 4.18. The van der Waals surface area contributed by atoms with E-state index in [2.05, 4.69) is 5.32 Å². The van der Waals surface area contributed by atoms with Gasteiger partial charge in [-0.1, -0.05) is 12.1 Å². The van der Waals surface area contributed by atoms with Crippen LogP contribution < -0.4 is 29.0 Å². The lowest BCUT2D eigenvalue weighted by Gasteiger charge is -2.14. The molecule has 1 amide bonds. The molecule has 1 heterocycles. The van der Waals surface area contributed by atoms with E-state index in [-0.39, 0.29) is 35.2 Å². The maximum absolute atomic E-state index is 12.9. The van der Waals surface area contributed by atoms with E-state index in [1.165, 1.54) is 45.6 Å². The number of rotatable bonds is 7. The van der Waals surface area contributed by atoms with Crippen molar-refractivity contribution < 1.29 is 33.4 Å². The zero-order valence-electron chi connectivity index (χ0n) is 18.0. The number of hydrogen-bond donors (Lipinski definition) is 1. The average molecular weight is 452 g/mol. The number of nitrogens with one attached hydrogen (secondary N) is 1. The predicted molar refractivity (Wildman–Crippen MR) is 119 cm³/mol. The molecule has 0 saturated carbocycles. The number of carbonyl (C=O) groups excluding carboxylic acids is 1. The summed E-state index contributed by atoms with van der Waals surface area (Å²) in [6.45, 7) is 0.130. The molecule has 0 atom stereocenters. The van der Waals surface area contributed by atoms with Gasteiger partial charge in [-0.05, 0) is 41.5 Å². The highest BCUT2D eigenvalue weighted by molar-refractivity contribution is 6.06. The topological polar surface area (TPSA) is 118 Å². The summed E-state index contributed by atoms with van der Waals surface area (Å²) in [4.78, 5) is 24.1. The van der Waals surface area contributed by atoms with Crippen LogP contribution in [0.25, 0.3) is 11.1 Å². The molecule has 33 heavy (non-hydrogen) atoms. The number of nitrogens with zero attached hydrogens (tertiary/aromatic N) is 1. The van der Waals surface area contributed by atoms with Gasteiger partial charge in [0.05, 0.1) is 26.3 Å². The molecule has 0 unspecified atom stereocenters. The minimum absolute atomic E-state index is 0.0447. The normalized spacial score (nSPS) is 11.6. The Balaban J connectivity index is 1.66. The average Bonchev–Trinajstić information content (AvgIpc) is 3.31. The lowest BCUT2D eigenvalue weighted by molar-refractivity contribution is -0.383. The number of nitro groups is 1. The summed E-state index contributed by atoms with van der Waals surface area (Å²) in [5, 5.41) is 14.3. The molecule has 0 saturated heterocycles. The van der Waals surface area contributed by atoms with Gasteiger partial charge in [0.2, 0.25) is 12.5 Å². The lowest BCUT2D eigenvalue weighted by Crippen LogP contribution is -2.14. The summed E-state index contributed by atoms with van der Waals surface area (Å²) in [5.41, 5.74) is 1.27. The van der Waals surface area contributed by atoms with Crippen molar-refractivity contribution in [3.05, 3.63) is 64.2 Å². The number of fused-ring (bicyclic) bond motifs is 1. The van der Waals surface area contributed by atoms with Crippen LogP contribution in [0, 0.1) is 10.1 Å². The molecule has 0 bridgehead atoms. The van der Waals surface area contributed by atoms with Crippen molar-refractivity contribution in [3.63, 3.8) is 0 Å². The van der Waals surface area contributed by atoms with Crippen LogP contribution in [-0.4, -0.2) is 39.0 Å².